The minimum Gasteiger partial charge on any atom is -0.350 e. The maximum absolute atomic E-state index is 12.1. The Hall–Kier alpha value is -1.71. The van der Waals surface area contributed by atoms with E-state index in [2.05, 4.69) is 25.2 Å². The van der Waals surface area contributed by atoms with E-state index in [0.717, 1.165) is 38.5 Å². The molecule has 9 heteroatoms. The van der Waals surface area contributed by atoms with Crippen LogP contribution < -0.4 is 10.2 Å². The largest absolute Gasteiger partial charge is 0.350 e. The first-order valence-electron chi connectivity index (χ1n) is 8.08. The second-order valence-electron chi connectivity index (χ2n) is 5.67. The lowest BCUT2D eigenvalue weighted by Crippen LogP contribution is -2.24. The standard InChI is InChI=1S/C16H17N5OS3/c22-12(17-8-11-4-3-7-23-11)9-24-15-13-14(18-10-19-15)20-16(25-13)21-5-1-2-6-21/h3-4,7,10H,1-2,5-6,8-9H2,(H,17,22). The average Bonchev–Trinajstić information content (AvgIpc) is 3.38. The first-order chi connectivity index (χ1) is 12.3. The van der Waals surface area contributed by atoms with Crippen LogP contribution in [0.25, 0.3) is 10.3 Å². The molecular formula is C16H17N5OS3. The minimum atomic E-state index is 0.00874. The number of fused-ring (bicyclic) bond motifs is 1. The molecule has 0 radical (unpaired) electrons. The van der Waals surface area contributed by atoms with Crippen LogP contribution in [0.15, 0.2) is 28.9 Å². The monoisotopic (exact) mass is 391 g/mol. The molecule has 130 valence electrons. The van der Waals surface area contributed by atoms with Crippen molar-refractivity contribution in [2.45, 2.75) is 24.4 Å². The van der Waals surface area contributed by atoms with Crippen LogP contribution in [0.1, 0.15) is 17.7 Å². The first-order valence-corrected chi connectivity index (χ1v) is 10.8. The second-order valence-corrected chi connectivity index (χ2v) is 8.64. The number of rotatable bonds is 6. The fourth-order valence-electron chi connectivity index (χ4n) is 2.65. The van der Waals surface area contributed by atoms with Crippen molar-refractivity contribution in [2.75, 3.05) is 23.7 Å². The number of anilines is 1. The van der Waals surface area contributed by atoms with Crippen molar-refractivity contribution in [1.29, 1.82) is 0 Å². The summed E-state index contributed by atoms with van der Waals surface area (Å²) in [5.74, 6) is 0.350. The van der Waals surface area contributed by atoms with E-state index in [-0.39, 0.29) is 5.91 Å². The predicted molar refractivity (Wildman–Crippen MR) is 104 cm³/mol. The Morgan fingerprint density at radius 3 is 3.00 bits per heavy atom. The molecule has 1 amide bonds. The molecule has 3 aromatic rings. The fraction of sp³-hybridized carbons (Fsp3) is 0.375. The van der Waals surface area contributed by atoms with Crippen LogP contribution in [0.5, 0.6) is 0 Å². The zero-order chi connectivity index (χ0) is 17.1. The van der Waals surface area contributed by atoms with E-state index >= 15 is 0 Å². The number of nitrogens with one attached hydrogen (secondary N) is 1. The molecular weight excluding hydrogens is 374 g/mol. The molecule has 0 atom stereocenters. The molecule has 0 aromatic carbocycles. The maximum Gasteiger partial charge on any atom is 0.230 e. The summed E-state index contributed by atoms with van der Waals surface area (Å²) in [6.45, 7) is 2.69. The number of thiazole rings is 1. The topological polar surface area (TPSA) is 71.0 Å². The van der Waals surface area contributed by atoms with Gasteiger partial charge < -0.3 is 10.2 Å². The third-order valence-electron chi connectivity index (χ3n) is 3.90. The van der Waals surface area contributed by atoms with Crippen molar-refractivity contribution in [2.24, 2.45) is 0 Å². The molecule has 0 aliphatic carbocycles. The average molecular weight is 392 g/mol. The van der Waals surface area contributed by atoms with E-state index in [0.29, 0.717) is 12.3 Å². The van der Waals surface area contributed by atoms with Crippen molar-refractivity contribution < 1.29 is 4.79 Å². The molecule has 3 aromatic heterocycles. The first kappa shape index (κ1) is 16.7. The SMILES string of the molecule is O=C(CSc1ncnc2nc(N3CCCC3)sc12)NCc1cccs1. The lowest BCUT2D eigenvalue weighted by atomic mass is 10.4. The second kappa shape index (κ2) is 7.67. The Morgan fingerprint density at radius 2 is 2.20 bits per heavy atom. The molecule has 0 spiro atoms. The Morgan fingerprint density at radius 1 is 1.32 bits per heavy atom. The number of hydrogen-bond acceptors (Lipinski definition) is 8. The van der Waals surface area contributed by atoms with E-state index < -0.39 is 0 Å². The highest BCUT2D eigenvalue weighted by molar-refractivity contribution is 8.00. The zero-order valence-corrected chi connectivity index (χ0v) is 15.9. The van der Waals surface area contributed by atoms with Crippen molar-refractivity contribution in [3.05, 3.63) is 28.7 Å². The summed E-state index contributed by atoms with van der Waals surface area (Å²) in [4.78, 5) is 28.8. The van der Waals surface area contributed by atoms with Gasteiger partial charge in [-0.15, -0.1) is 11.3 Å². The number of carbonyl (C=O) groups excluding carboxylic acids is 1. The molecule has 4 rings (SSSR count). The van der Waals surface area contributed by atoms with E-state index in [1.165, 1.54) is 30.9 Å². The number of thiophene rings is 1. The highest BCUT2D eigenvalue weighted by atomic mass is 32.2. The van der Waals surface area contributed by atoms with Gasteiger partial charge in [-0.25, -0.2) is 9.97 Å². The molecule has 4 heterocycles. The van der Waals surface area contributed by atoms with Crippen LogP contribution in [-0.4, -0.2) is 39.7 Å². The summed E-state index contributed by atoms with van der Waals surface area (Å²) in [5, 5.41) is 6.79. The van der Waals surface area contributed by atoms with Gasteiger partial charge in [0.1, 0.15) is 16.1 Å². The summed E-state index contributed by atoms with van der Waals surface area (Å²) >= 11 is 4.71. The highest BCUT2D eigenvalue weighted by Crippen LogP contribution is 2.34. The number of aromatic nitrogens is 3. The summed E-state index contributed by atoms with van der Waals surface area (Å²) in [6, 6.07) is 4.00. The molecule has 1 aliphatic heterocycles. The molecule has 0 bridgehead atoms. The van der Waals surface area contributed by atoms with E-state index in [4.69, 9.17) is 0 Å². The zero-order valence-electron chi connectivity index (χ0n) is 13.5. The summed E-state index contributed by atoms with van der Waals surface area (Å²) in [5.41, 5.74) is 0.725. The van der Waals surface area contributed by atoms with Crippen molar-refractivity contribution in [3.63, 3.8) is 0 Å². The predicted octanol–water partition coefficient (Wildman–Crippen LogP) is 3.16. The Bertz CT molecular complexity index is 858. The van der Waals surface area contributed by atoms with E-state index in [1.54, 1.807) is 22.7 Å². The lowest BCUT2D eigenvalue weighted by Gasteiger charge is -2.11. The molecule has 1 N–H and O–H groups in total. The van der Waals surface area contributed by atoms with Gasteiger partial charge >= 0.3 is 0 Å². The van der Waals surface area contributed by atoms with Gasteiger partial charge in [0, 0.05) is 18.0 Å². The normalized spacial score (nSPS) is 14.3. The van der Waals surface area contributed by atoms with Gasteiger partial charge in [0.2, 0.25) is 5.91 Å². The van der Waals surface area contributed by atoms with Gasteiger partial charge in [-0.1, -0.05) is 29.2 Å². The molecule has 6 nitrogen and oxygen atoms in total. The van der Waals surface area contributed by atoms with Crippen LogP contribution >= 0.6 is 34.4 Å². The van der Waals surface area contributed by atoms with Crippen LogP contribution in [0.2, 0.25) is 0 Å². The highest BCUT2D eigenvalue weighted by Gasteiger charge is 2.19. The van der Waals surface area contributed by atoms with Crippen LogP contribution in [0.4, 0.5) is 5.13 Å². The quantitative estimate of drug-likeness (QED) is 0.514. The Balaban J connectivity index is 1.41. The Kier molecular flexibility index (Phi) is 5.14. The molecule has 1 aliphatic rings. The van der Waals surface area contributed by atoms with Gasteiger partial charge in [0.25, 0.3) is 0 Å². The minimum absolute atomic E-state index is 0.00874. The molecule has 0 unspecified atom stereocenters. The molecule has 0 saturated carbocycles. The number of carbonyl (C=O) groups is 1. The van der Waals surface area contributed by atoms with E-state index in [1.807, 2.05) is 17.5 Å². The number of nitrogens with zero attached hydrogens (tertiary/aromatic N) is 4. The summed E-state index contributed by atoms with van der Waals surface area (Å²) in [6.07, 6.45) is 3.96. The van der Waals surface area contributed by atoms with E-state index in [9.17, 15) is 4.79 Å². The lowest BCUT2D eigenvalue weighted by molar-refractivity contribution is -0.118. The molecule has 25 heavy (non-hydrogen) atoms. The molecule has 1 fully saturated rings. The van der Waals surface area contributed by atoms with Crippen LogP contribution in [0.3, 0.4) is 0 Å². The van der Waals surface area contributed by atoms with Gasteiger partial charge in [-0.05, 0) is 24.3 Å². The summed E-state index contributed by atoms with van der Waals surface area (Å²) < 4.78 is 0.973. The van der Waals surface area contributed by atoms with Gasteiger partial charge in [0.15, 0.2) is 10.8 Å². The Labute approximate surface area is 157 Å². The molecule has 1 saturated heterocycles. The number of hydrogen-bond donors (Lipinski definition) is 1. The fourth-order valence-corrected chi connectivity index (χ4v) is 5.27. The van der Waals surface area contributed by atoms with Gasteiger partial charge in [0.05, 0.1) is 12.3 Å². The van der Waals surface area contributed by atoms with Gasteiger partial charge in [-0.2, -0.15) is 4.98 Å². The number of thioether (sulfide) groups is 1. The third kappa shape index (κ3) is 3.94. The van der Waals surface area contributed by atoms with Crippen molar-refractivity contribution >= 4 is 55.8 Å². The third-order valence-corrected chi connectivity index (χ3v) is 7.01. The van der Waals surface area contributed by atoms with Gasteiger partial charge in [-0.3, -0.25) is 4.79 Å². The smallest absolute Gasteiger partial charge is 0.230 e. The number of amides is 1. The van der Waals surface area contributed by atoms with Crippen LogP contribution in [0, 0.1) is 0 Å². The van der Waals surface area contributed by atoms with Crippen molar-refractivity contribution in [1.82, 2.24) is 20.3 Å². The van der Waals surface area contributed by atoms with Crippen molar-refractivity contribution in [3.8, 4) is 0 Å². The maximum atomic E-state index is 12.1. The van der Waals surface area contributed by atoms with Crippen LogP contribution in [-0.2, 0) is 11.3 Å². The summed E-state index contributed by atoms with van der Waals surface area (Å²) in [7, 11) is 0.